The summed E-state index contributed by atoms with van der Waals surface area (Å²) in [6.45, 7) is 7.99. The Balaban J connectivity index is -0.000000529. The zero-order valence-electron chi connectivity index (χ0n) is 10.1. The zero-order valence-corrected chi connectivity index (χ0v) is 10.1. The van der Waals surface area contributed by atoms with Crippen LogP contribution in [0.25, 0.3) is 0 Å². The molecule has 0 aliphatic rings. The van der Waals surface area contributed by atoms with Gasteiger partial charge in [-0.3, -0.25) is 9.59 Å². The van der Waals surface area contributed by atoms with Crippen molar-refractivity contribution >= 4 is 11.9 Å². The normalized spacial score (nSPS) is 10.8. The van der Waals surface area contributed by atoms with Gasteiger partial charge >= 0.3 is 5.97 Å². The minimum atomic E-state index is -0.869. The maximum atomic E-state index is 10.6. The van der Waals surface area contributed by atoms with Gasteiger partial charge in [0.25, 0.3) is 0 Å². The molecule has 0 aliphatic heterocycles. The van der Waals surface area contributed by atoms with Crippen LogP contribution in [0.5, 0.6) is 0 Å². The zero-order chi connectivity index (χ0) is 12.4. The Hall–Kier alpha value is -1.06. The van der Waals surface area contributed by atoms with E-state index in [1.807, 2.05) is 27.7 Å². The van der Waals surface area contributed by atoms with Crippen molar-refractivity contribution in [1.29, 1.82) is 0 Å². The number of carbonyl (C=O) groups excluding carboxylic acids is 1. The number of amides is 1. The molecular weight excluding hydrogens is 206 g/mol. The number of carboxylic acids is 1. The van der Waals surface area contributed by atoms with Gasteiger partial charge in [-0.15, -0.1) is 0 Å². The molecule has 3 N–H and O–H groups in total. The lowest BCUT2D eigenvalue weighted by Gasteiger charge is -2.14. The number of nitrogens with two attached hydrogens (primary N) is 1. The molecule has 98 valence electrons. The molecule has 16 heavy (non-hydrogen) atoms. The topological polar surface area (TPSA) is 80.4 Å². The lowest BCUT2D eigenvalue weighted by molar-refractivity contribution is -0.138. The lowest BCUT2D eigenvalue weighted by Crippen LogP contribution is -2.19. The summed E-state index contributed by atoms with van der Waals surface area (Å²) < 4.78 is 0. The van der Waals surface area contributed by atoms with Crippen LogP contribution < -0.4 is 5.73 Å². The minimum Gasteiger partial charge on any atom is -0.481 e. The van der Waals surface area contributed by atoms with Crippen molar-refractivity contribution in [2.75, 3.05) is 0 Å². The van der Waals surface area contributed by atoms with Crippen LogP contribution in [0.4, 0.5) is 0 Å². The molecule has 0 aromatic carbocycles. The fraction of sp³-hybridized carbons (Fsp3) is 0.833. The predicted molar refractivity (Wildman–Crippen MR) is 67.1 cm³/mol. The van der Waals surface area contributed by atoms with Gasteiger partial charge in [0.05, 0.1) is 0 Å². The Morgan fingerprint density at radius 1 is 1.19 bits per heavy atom. The Labute approximate surface area is 99.2 Å². The number of hydrogen-bond acceptors (Lipinski definition) is 2. The van der Waals surface area contributed by atoms with Crippen LogP contribution in [0.2, 0.25) is 0 Å². The predicted octanol–water partition coefficient (Wildman–Crippen LogP) is 2.66. The summed E-state index contributed by atoms with van der Waals surface area (Å²) >= 11 is 0. The van der Waals surface area contributed by atoms with Crippen LogP contribution in [0.15, 0.2) is 0 Å². The van der Waals surface area contributed by atoms with Crippen LogP contribution in [0.1, 0.15) is 54.4 Å². The second-order valence-corrected chi connectivity index (χ2v) is 3.76. The molecule has 0 saturated heterocycles. The standard InChI is InChI=1S/C9H17NO3.C2H6.CH4/c1-6(2)3-7(4-8(10)11)5-9(12)13;1-2;/h6-7H,3-5H2,1-2H3,(H2,10,11)(H,12,13);1-2H3;1H4. The minimum absolute atomic E-state index is 0. The fourth-order valence-corrected chi connectivity index (χ4v) is 1.44. The first kappa shape index (κ1) is 20.4. The van der Waals surface area contributed by atoms with E-state index in [1.165, 1.54) is 0 Å². The largest absolute Gasteiger partial charge is 0.481 e. The highest BCUT2D eigenvalue weighted by Crippen LogP contribution is 2.18. The third kappa shape index (κ3) is 15.4. The van der Waals surface area contributed by atoms with E-state index in [0.29, 0.717) is 5.92 Å². The van der Waals surface area contributed by atoms with Gasteiger partial charge in [-0.2, -0.15) is 0 Å². The number of aliphatic carboxylic acids is 1. The van der Waals surface area contributed by atoms with Gasteiger partial charge in [0.15, 0.2) is 0 Å². The van der Waals surface area contributed by atoms with E-state index in [4.69, 9.17) is 10.8 Å². The molecule has 0 spiro atoms. The van der Waals surface area contributed by atoms with Crippen molar-refractivity contribution in [2.24, 2.45) is 17.6 Å². The molecule has 1 atom stereocenters. The molecule has 4 heteroatoms. The summed E-state index contributed by atoms with van der Waals surface area (Å²) in [6, 6.07) is 0. The second-order valence-electron chi connectivity index (χ2n) is 3.76. The molecule has 1 unspecified atom stereocenters. The van der Waals surface area contributed by atoms with E-state index in [9.17, 15) is 9.59 Å². The summed E-state index contributed by atoms with van der Waals surface area (Å²) in [5.41, 5.74) is 5.01. The highest BCUT2D eigenvalue weighted by Gasteiger charge is 2.16. The molecule has 0 bridgehead atoms. The number of carboxylic acid groups (broad SMARTS) is 1. The summed E-state index contributed by atoms with van der Waals surface area (Å²) in [6.07, 6.45) is 0.931. The number of hydrogen-bond donors (Lipinski definition) is 2. The Kier molecular flexibility index (Phi) is 15.3. The van der Waals surface area contributed by atoms with Crippen molar-refractivity contribution in [2.45, 2.75) is 54.4 Å². The van der Waals surface area contributed by atoms with Crippen LogP contribution in [0, 0.1) is 11.8 Å². The SMILES string of the molecule is C.CC.CC(C)CC(CC(N)=O)CC(=O)O. The van der Waals surface area contributed by atoms with Gasteiger partial charge in [-0.05, 0) is 18.3 Å². The molecule has 0 fully saturated rings. The smallest absolute Gasteiger partial charge is 0.303 e. The van der Waals surface area contributed by atoms with Gasteiger partial charge < -0.3 is 10.8 Å². The third-order valence-electron chi connectivity index (χ3n) is 1.76. The van der Waals surface area contributed by atoms with E-state index >= 15 is 0 Å². The van der Waals surface area contributed by atoms with Gasteiger partial charge in [0.1, 0.15) is 0 Å². The molecule has 0 rings (SSSR count). The molecule has 4 nitrogen and oxygen atoms in total. The Morgan fingerprint density at radius 2 is 1.62 bits per heavy atom. The highest BCUT2D eigenvalue weighted by molar-refractivity contribution is 5.75. The third-order valence-corrected chi connectivity index (χ3v) is 1.76. The van der Waals surface area contributed by atoms with Gasteiger partial charge in [-0.1, -0.05) is 35.1 Å². The second kappa shape index (κ2) is 12.0. The summed E-state index contributed by atoms with van der Waals surface area (Å²) in [5.74, 6) is -1.02. The number of carbonyl (C=O) groups is 2. The molecule has 1 amide bonds. The van der Waals surface area contributed by atoms with Crippen LogP contribution in [-0.2, 0) is 9.59 Å². The Bertz CT molecular complexity index is 175. The Morgan fingerprint density at radius 3 is 1.88 bits per heavy atom. The van der Waals surface area contributed by atoms with Crippen LogP contribution in [0.3, 0.4) is 0 Å². The first-order valence-electron chi connectivity index (χ1n) is 5.42. The molecule has 0 aromatic rings. The molecule has 0 radical (unpaired) electrons. The molecule has 0 aromatic heterocycles. The van der Waals surface area contributed by atoms with Gasteiger partial charge in [0.2, 0.25) is 5.91 Å². The molecule has 0 heterocycles. The van der Waals surface area contributed by atoms with E-state index in [0.717, 1.165) is 6.42 Å². The van der Waals surface area contributed by atoms with Crippen molar-refractivity contribution in [3.63, 3.8) is 0 Å². The first-order chi connectivity index (χ1) is 6.91. The van der Waals surface area contributed by atoms with E-state index in [-0.39, 0.29) is 26.2 Å². The summed E-state index contributed by atoms with van der Waals surface area (Å²) in [4.78, 5) is 21.0. The van der Waals surface area contributed by atoms with Gasteiger partial charge in [-0.25, -0.2) is 0 Å². The molecule has 0 aliphatic carbocycles. The summed E-state index contributed by atoms with van der Waals surface area (Å²) in [7, 11) is 0. The van der Waals surface area contributed by atoms with Crippen LogP contribution >= 0.6 is 0 Å². The monoisotopic (exact) mass is 233 g/mol. The fourth-order valence-electron chi connectivity index (χ4n) is 1.44. The lowest BCUT2D eigenvalue weighted by atomic mass is 9.91. The number of primary amides is 1. The average molecular weight is 233 g/mol. The quantitative estimate of drug-likeness (QED) is 0.740. The highest BCUT2D eigenvalue weighted by atomic mass is 16.4. The van der Waals surface area contributed by atoms with Crippen LogP contribution in [-0.4, -0.2) is 17.0 Å². The van der Waals surface area contributed by atoms with E-state index < -0.39 is 11.9 Å². The van der Waals surface area contributed by atoms with Crippen molar-refractivity contribution < 1.29 is 14.7 Å². The first-order valence-corrected chi connectivity index (χ1v) is 5.42. The maximum Gasteiger partial charge on any atom is 0.303 e. The molecular formula is C12H27NO3. The average Bonchev–Trinajstić information content (AvgIpc) is 2.03. The number of rotatable bonds is 6. The van der Waals surface area contributed by atoms with Crippen molar-refractivity contribution in [3.8, 4) is 0 Å². The maximum absolute atomic E-state index is 10.6. The van der Waals surface area contributed by atoms with Crippen molar-refractivity contribution in [3.05, 3.63) is 0 Å². The van der Waals surface area contributed by atoms with E-state index in [1.54, 1.807) is 0 Å². The summed E-state index contributed by atoms with van der Waals surface area (Å²) in [5, 5.41) is 8.56. The van der Waals surface area contributed by atoms with Crippen molar-refractivity contribution in [1.82, 2.24) is 0 Å². The molecule has 0 saturated carbocycles. The van der Waals surface area contributed by atoms with Gasteiger partial charge in [0, 0.05) is 12.8 Å². The van der Waals surface area contributed by atoms with E-state index in [2.05, 4.69) is 0 Å².